The Hall–Kier alpha value is -2.35. The number of nitrogens with one attached hydrogen (secondary N) is 1. The Morgan fingerprint density at radius 2 is 2.18 bits per heavy atom. The van der Waals surface area contributed by atoms with Crippen molar-refractivity contribution in [3.05, 3.63) is 23.8 Å². The van der Waals surface area contributed by atoms with E-state index in [9.17, 15) is 9.59 Å². The Kier molecular flexibility index (Phi) is 4.23. The number of rotatable bonds is 4. The van der Waals surface area contributed by atoms with Crippen LogP contribution >= 0.6 is 0 Å². The summed E-state index contributed by atoms with van der Waals surface area (Å²) in [7, 11) is 1.44. The van der Waals surface area contributed by atoms with E-state index in [-0.39, 0.29) is 12.2 Å². The molecule has 1 N–H and O–H groups in total. The number of ether oxygens (including phenoxy) is 1. The molecule has 0 saturated carbocycles. The Balaban J connectivity index is 3.00. The zero-order valence-electron chi connectivity index (χ0n) is 9.61. The van der Waals surface area contributed by atoms with Gasteiger partial charge in [-0.2, -0.15) is 5.26 Å². The van der Waals surface area contributed by atoms with E-state index < -0.39 is 5.91 Å². The number of carbonyl (C=O) groups is 2. The first-order valence-corrected chi connectivity index (χ1v) is 4.95. The number of para-hydroxylation sites is 1. The van der Waals surface area contributed by atoms with Crippen molar-refractivity contribution in [2.24, 2.45) is 0 Å². The fourth-order valence-corrected chi connectivity index (χ4v) is 1.33. The van der Waals surface area contributed by atoms with Gasteiger partial charge in [0, 0.05) is 0 Å². The number of amides is 1. The van der Waals surface area contributed by atoms with Crippen molar-refractivity contribution >= 4 is 17.4 Å². The highest BCUT2D eigenvalue weighted by atomic mass is 16.5. The van der Waals surface area contributed by atoms with E-state index in [4.69, 9.17) is 10.00 Å². The second-order valence-electron chi connectivity index (χ2n) is 3.42. The van der Waals surface area contributed by atoms with Crippen molar-refractivity contribution in [1.82, 2.24) is 0 Å². The maximum absolute atomic E-state index is 11.5. The van der Waals surface area contributed by atoms with Crippen LogP contribution in [0.2, 0.25) is 0 Å². The average Bonchev–Trinajstić information content (AvgIpc) is 2.28. The molecule has 0 aliphatic rings. The topological polar surface area (TPSA) is 79.2 Å². The Morgan fingerprint density at radius 1 is 1.47 bits per heavy atom. The van der Waals surface area contributed by atoms with Crippen LogP contribution in [-0.2, 0) is 9.59 Å². The quantitative estimate of drug-likeness (QED) is 0.797. The molecule has 1 amide bonds. The van der Waals surface area contributed by atoms with Crippen molar-refractivity contribution in [3.63, 3.8) is 0 Å². The summed E-state index contributed by atoms with van der Waals surface area (Å²) in [6.45, 7) is 1.33. The third kappa shape index (κ3) is 3.31. The standard InChI is InChI=1S/C12H12N2O3/c1-8(15)6-11(16)14-12-9(7-13)4-3-5-10(12)17-2/h3-5H,6H2,1-2H3,(H,14,16). The van der Waals surface area contributed by atoms with E-state index in [2.05, 4.69) is 5.32 Å². The molecule has 1 rings (SSSR count). The van der Waals surface area contributed by atoms with Gasteiger partial charge in [-0.05, 0) is 19.1 Å². The number of methoxy groups -OCH3 is 1. The number of nitriles is 1. The molecule has 0 aliphatic carbocycles. The highest BCUT2D eigenvalue weighted by molar-refractivity contribution is 6.04. The predicted octanol–water partition coefficient (Wildman–Crippen LogP) is 1.48. The van der Waals surface area contributed by atoms with Gasteiger partial charge in [-0.15, -0.1) is 0 Å². The number of benzene rings is 1. The SMILES string of the molecule is COc1cccc(C#N)c1NC(=O)CC(C)=O. The lowest BCUT2D eigenvalue weighted by atomic mass is 10.1. The summed E-state index contributed by atoms with van der Waals surface area (Å²) < 4.78 is 5.04. The molecule has 0 spiro atoms. The second kappa shape index (κ2) is 5.66. The van der Waals surface area contributed by atoms with Crippen molar-refractivity contribution in [3.8, 4) is 11.8 Å². The van der Waals surface area contributed by atoms with E-state index in [0.29, 0.717) is 17.0 Å². The molecule has 0 aliphatic heterocycles. The molecule has 88 valence electrons. The molecule has 0 heterocycles. The van der Waals surface area contributed by atoms with Crippen molar-refractivity contribution in [1.29, 1.82) is 5.26 Å². The smallest absolute Gasteiger partial charge is 0.231 e. The van der Waals surface area contributed by atoms with E-state index in [1.807, 2.05) is 6.07 Å². The molecular formula is C12H12N2O3. The van der Waals surface area contributed by atoms with E-state index in [1.54, 1.807) is 18.2 Å². The molecule has 1 aromatic rings. The lowest BCUT2D eigenvalue weighted by Crippen LogP contribution is -2.16. The van der Waals surface area contributed by atoms with Crippen molar-refractivity contribution in [2.75, 3.05) is 12.4 Å². The van der Waals surface area contributed by atoms with E-state index in [1.165, 1.54) is 14.0 Å². The number of carbonyl (C=O) groups excluding carboxylic acids is 2. The first-order chi connectivity index (χ1) is 8.08. The van der Waals surface area contributed by atoms with Crippen molar-refractivity contribution < 1.29 is 14.3 Å². The molecule has 0 bridgehead atoms. The van der Waals surface area contributed by atoms with Crippen LogP contribution in [0.1, 0.15) is 18.9 Å². The summed E-state index contributed by atoms with van der Waals surface area (Å²) in [5.41, 5.74) is 0.588. The molecule has 5 heteroatoms. The predicted molar refractivity (Wildman–Crippen MR) is 61.6 cm³/mol. The number of hydrogen-bond acceptors (Lipinski definition) is 4. The first kappa shape index (κ1) is 12.7. The third-order valence-corrected chi connectivity index (χ3v) is 2.04. The van der Waals surface area contributed by atoms with Gasteiger partial charge < -0.3 is 10.1 Å². The maximum atomic E-state index is 11.5. The fourth-order valence-electron chi connectivity index (χ4n) is 1.33. The highest BCUT2D eigenvalue weighted by Gasteiger charge is 2.13. The molecule has 0 unspecified atom stereocenters. The number of ketones is 1. The van der Waals surface area contributed by atoms with Crippen molar-refractivity contribution in [2.45, 2.75) is 13.3 Å². The van der Waals surface area contributed by atoms with Crippen LogP contribution < -0.4 is 10.1 Å². The summed E-state index contributed by atoms with van der Waals surface area (Å²) in [6.07, 6.45) is -0.219. The molecule has 0 saturated heterocycles. The second-order valence-corrected chi connectivity index (χ2v) is 3.42. The molecular weight excluding hydrogens is 220 g/mol. The zero-order chi connectivity index (χ0) is 12.8. The molecule has 0 fully saturated rings. The summed E-state index contributed by atoms with van der Waals surface area (Å²) in [6, 6.07) is 6.79. The monoisotopic (exact) mass is 232 g/mol. The molecule has 17 heavy (non-hydrogen) atoms. The first-order valence-electron chi connectivity index (χ1n) is 4.95. The van der Waals surface area contributed by atoms with Gasteiger partial charge in [0.05, 0.1) is 19.1 Å². The van der Waals surface area contributed by atoms with Gasteiger partial charge in [0.25, 0.3) is 0 Å². The minimum atomic E-state index is -0.460. The molecule has 0 atom stereocenters. The summed E-state index contributed by atoms with van der Waals surface area (Å²) >= 11 is 0. The molecule has 1 aromatic carbocycles. The minimum absolute atomic E-state index is 0.219. The Labute approximate surface area is 99.0 Å². The number of anilines is 1. The summed E-state index contributed by atoms with van der Waals surface area (Å²) in [4.78, 5) is 22.3. The lowest BCUT2D eigenvalue weighted by Gasteiger charge is -2.10. The number of nitrogens with zero attached hydrogens (tertiary/aromatic N) is 1. The van der Waals surface area contributed by atoms with E-state index >= 15 is 0 Å². The van der Waals surface area contributed by atoms with Gasteiger partial charge in [0.1, 0.15) is 23.3 Å². The van der Waals surface area contributed by atoms with Gasteiger partial charge in [0.15, 0.2) is 0 Å². The van der Waals surface area contributed by atoms with Crippen LogP contribution in [0.25, 0.3) is 0 Å². The minimum Gasteiger partial charge on any atom is -0.495 e. The lowest BCUT2D eigenvalue weighted by molar-refractivity contribution is -0.124. The number of hydrogen-bond donors (Lipinski definition) is 1. The summed E-state index contributed by atoms with van der Waals surface area (Å²) in [5, 5.41) is 11.4. The van der Waals surface area contributed by atoms with Crippen LogP contribution in [0.4, 0.5) is 5.69 Å². The maximum Gasteiger partial charge on any atom is 0.231 e. The van der Waals surface area contributed by atoms with Gasteiger partial charge >= 0.3 is 0 Å². The van der Waals surface area contributed by atoms with Gasteiger partial charge in [-0.3, -0.25) is 9.59 Å². The normalized spacial score (nSPS) is 9.24. The van der Waals surface area contributed by atoms with Gasteiger partial charge in [-0.1, -0.05) is 6.07 Å². The third-order valence-electron chi connectivity index (χ3n) is 2.04. The van der Waals surface area contributed by atoms with Crippen LogP contribution in [0, 0.1) is 11.3 Å². The molecule has 5 nitrogen and oxygen atoms in total. The highest BCUT2D eigenvalue weighted by Crippen LogP contribution is 2.27. The average molecular weight is 232 g/mol. The van der Waals surface area contributed by atoms with Gasteiger partial charge in [0.2, 0.25) is 5.91 Å². The van der Waals surface area contributed by atoms with Gasteiger partial charge in [-0.25, -0.2) is 0 Å². The largest absolute Gasteiger partial charge is 0.495 e. The zero-order valence-corrected chi connectivity index (χ0v) is 9.61. The van der Waals surface area contributed by atoms with E-state index in [0.717, 1.165) is 0 Å². The number of Topliss-reactive ketones (excluding diaryl/α,β-unsaturated/α-hetero) is 1. The Bertz CT molecular complexity index is 489. The van der Waals surface area contributed by atoms with Crippen LogP contribution in [-0.4, -0.2) is 18.8 Å². The van der Waals surface area contributed by atoms with Crippen LogP contribution in [0.5, 0.6) is 5.75 Å². The van der Waals surface area contributed by atoms with Crippen LogP contribution in [0.15, 0.2) is 18.2 Å². The molecule has 0 radical (unpaired) electrons. The fraction of sp³-hybridized carbons (Fsp3) is 0.250. The summed E-state index contributed by atoms with van der Waals surface area (Å²) in [5.74, 6) is -0.310. The molecule has 0 aromatic heterocycles. The van der Waals surface area contributed by atoms with Crippen LogP contribution in [0.3, 0.4) is 0 Å². The Morgan fingerprint density at radius 3 is 2.71 bits per heavy atom.